The van der Waals surface area contributed by atoms with E-state index < -0.39 is 0 Å². The summed E-state index contributed by atoms with van der Waals surface area (Å²) in [5.41, 5.74) is 4.00. The number of halogens is 1. The summed E-state index contributed by atoms with van der Waals surface area (Å²) in [6.07, 6.45) is 3.63. The molecule has 0 aliphatic rings. The molecular formula is C19H15FN2O2. The zero-order chi connectivity index (χ0) is 16.9. The maximum Gasteiger partial charge on any atom is 0.123 e. The first kappa shape index (κ1) is 15.9. The van der Waals surface area contributed by atoms with Crippen molar-refractivity contribution in [3.8, 4) is 22.9 Å². The summed E-state index contributed by atoms with van der Waals surface area (Å²) in [5.74, 6) is -0.300. The van der Waals surface area contributed by atoms with E-state index in [-0.39, 0.29) is 5.82 Å². The van der Waals surface area contributed by atoms with Crippen LogP contribution >= 0.6 is 0 Å². The van der Waals surface area contributed by atoms with Crippen LogP contribution in [0.1, 0.15) is 11.1 Å². The van der Waals surface area contributed by atoms with Crippen LogP contribution in [0.4, 0.5) is 4.39 Å². The maximum absolute atomic E-state index is 13.1. The summed E-state index contributed by atoms with van der Waals surface area (Å²) in [6.45, 7) is 0.368. The fourth-order valence-corrected chi connectivity index (χ4v) is 2.44. The molecular weight excluding hydrogens is 307 g/mol. The van der Waals surface area contributed by atoms with E-state index >= 15 is 0 Å². The molecule has 0 saturated carbocycles. The number of hydrogen-bond acceptors (Lipinski definition) is 3. The third-order valence-corrected chi connectivity index (χ3v) is 3.68. The summed E-state index contributed by atoms with van der Waals surface area (Å²) in [5, 5.41) is 9.37. The number of aromatic nitrogens is 1. The minimum atomic E-state index is -0.300. The summed E-state index contributed by atoms with van der Waals surface area (Å²) in [6, 6.07) is 16.0. The standard InChI is InChI=1S/C19H15FN2O2/c1-23-24-13-14-2-8-18(9-3-14)22-11-16(10-21)19(12-22)15-4-6-17(20)7-5-15/h2-9,11-12H,13H2,1H3. The second-order valence-electron chi connectivity index (χ2n) is 5.21. The van der Waals surface area contributed by atoms with Gasteiger partial charge in [-0.15, -0.1) is 0 Å². The molecule has 120 valence electrons. The molecule has 0 saturated heterocycles. The fraction of sp³-hybridized carbons (Fsp3) is 0.105. The largest absolute Gasteiger partial charge is 0.322 e. The van der Waals surface area contributed by atoms with Gasteiger partial charge in [0.05, 0.1) is 12.7 Å². The van der Waals surface area contributed by atoms with E-state index in [0.717, 1.165) is 22.4 Å². The van der Waals surface area contributed by atoms with Crippen molar-refractivity contribution < 1.29 is 14.2 Å². The predicted molar refractivity (Wildman–Crippen MR) is 87.7 cm³/mol. The molecule has 1 heterocycles. The molecule has 0 fully saturated rings. The molecule has 3 rings (SSSR count). The third kappa shape index (κ3) is 3.35. The summed E-state index contributed by atoms with van der Waals surface area (Å²) in [7, 11) is 1.47. The van der Waals surface area contributed by atoms with Gasteiger partial charge in [-0.05, 0) is 35.4 Å². The van der Waals surface area contributed by atoms with Crippen molar-refractivity contribution in [2.45, 2.75) is 6.61 Å². The Bertz CT molecular complexity index is 862. The highest BCUT2D eigenvalue weighted by Crippen LogP contribution is 2.26. The molecule has 0 amide bonds. The Morgan fingerprint density at radius 1 is 1.04 bits per heavy atom. The molecule has 0 aliphatic carbocycles. The van der Waals surface area contributed by atoms with Crippen molar-refractivity contribution in [1.29, 1.82) is 5.26 Å². The van der Waals surface area contributed by atoms with E-state index in [4.69, 9.17) is 4.89 Å². The number of hydrogen-bond donors (Lipinski definition) is 0. The average molecular weight is 322 g/mol. The van der Waals surface area contributed by atoms with E-state index in [1.165, 1.54) is 19.2 Å². The monoisotopic (exact) mass is 322 g/mol. The Morgan fingerprint density at radius 3 is 2.38 bits per heavy atom. The molecule has 24 heavy (non-hydrogen) atoms. The topological polar surface area (TPSA) is 47.2 Å². The van der Waals surface area contributed by atoms with Crippen LogP contribution < -0.4 is 0 Å². The van der Waals surface area contributed by atoms with E-state index in [9.17, 15) is 9.65 Å². The first-order chi connectivity index (χ1) is 11.7. The van der Waals surface area contributed by atoms with Crippen LogP contribution in [-0.2, 0) is 16.4 Å². The quantitative estimate of drug-likeness (QED) is 0.521. The van der Waals surface area contributed by atoms with Gasteiger partial charge in [0, 0.05) is 23.6 Å². The molecule has 5 heteroatoms. The van der Waals surface area contributed by atoms with Gasteiger partial charge in [-0.25, -0.2) is 14.2 Å². The van der Waals surface area contributed by atoms with Gasteiger partial charge in [0.2, 0.25) is 0 Å². The molecule has 2 aromatic carbocycles. The molecule has 0 spiro atoms. The van der Waals surface area contributed by atoms with Crippen molar-refractivity contribution in [2.24, 2.45) is 0 Å². The zero-order valence-corrected chi connectivity index (χ0v) is 13.1. The smallest absolute Gasteiger partial charge is 0.123 e. The van der Waals surface area contributed by atoms with Crippen LogP contribution in [0.5, 0.6) is 0 Å². The van der Waals surface area contributed by atoms with Crippen molar-refractivity contribution in [3.63, 3.8) is 0 Å². The molecule has 0 aliphatic heterocycles. The van der Waals surface area contributed by atoms with E-state index in [1.807, 2.05) is 35.0 Å². The van der Waals surface area contributed by atoms with Crippen LogP contribution in [0.15, 0.2) is 60.9 Å². The lowest BCUT2D eigenvalue weighted by molar-refractivity contribution is -0.282. The number of rotatable bonds is 5. The Morgan fingerprint density at radius 2 is 1.75 bits per heavy atom. The zero-order valence-electron chi connectivity index (χ0n) is 13.1. The number of benzene rings is 2. The van der Waals surface area contributed by atoms with Crippen LogP contribution in [0.3, 0.4) is 0 Å². The second-order valence-corrected chi connectivity index (χ2v) is 5.21. The minimum absolute atomic E-state index is 0.300. The van der Waals surface area contributed by atoms with Gasteiger partial charge in [0.1, 0.15) is 18.5 Å². The molecule has 3 aromatic rings. The van der Waals surface area contributed by atoms with Gasteiger partial charge in [0.25, 0.3) is 0 Å². The molecule has 1 aromatic heterocycles. The van der Waals surface area contributed by atoms with Crippen LogP contribution in [-0.4, -0.2) is 11.7 Å². The Kier molecular flexibility index (Phi) is 4.71. The molecule has 0 N–H and O–H groups in total. The molecule has 0 radical (unpaired) electrons. The van der Waals surface area contributed by atoms with Crippen molar-refractivity contribution in [2.75, 3.05) is 7.11 Å². The first-order valence-corrected chi connectivity index (χ1v) is 7.34. The summed E-state index contributed by atoms with van der Waals surface area (Å²) >= 11 is 0. The van der Waals surface area contributed by atoms with Crippen molar-refractivity contribution >= 4 is 0 Å². The lowest BCUT2D eigenvalue weighted by Crippen LogP contribution is -1.93. The molecule has 4 nitrogen and oxygen atoms in total. The van der Waals surface area contributed by atoms with Gasteiger partial charge < -0.3 is 4.57 Å². The van der Waals surface area contributed by atoms with E-state index in [1.54, 1.807) is 18.3 Å². The van der Waals surface area contributed by atoms with Crippen molar-refractivity contribution in [1.82, 2.24) is 4.57 Å². The highest BCUT2D eigenvalue weighted by atomic mass is 19.1. The Balaban J connectivity index is 1.92. The van der Waals surface area contributed by atoms with Gasteiger partial charge >= 0.3 is 0 Å². The lowest BCUT2D eigenvalue weighted by Gasteiger charge is -2.05. The normalized spacial score (nSPS) is 10.5. The third-order valence-electron chi connectivity index (χ3n) is 3.68. The highest BCUT2D eigenvalue weighted by molar-refractivity contribution is 5.70. The minimum Gasteiger partial charge on any atom is -0.322 e. The number of nitriles is 1. The molecule has 0 unspecified atom stereocenters. The number of nitrogens with zero attached hydrogens (tertiary/aromatic N) is 2. The summed E-state index contributed by atoms with van der Waals surface area (Å²) in [4.78, 5) is 9.48. The van der Waals surface area contributed by atoms with E-state index in [2.05, 4.69) is 11.0 Å². The first-order valence-electron chi connectivity index (χ1n) is 7.34. The lowest BCUT2D eigenvalue weighted by atomic mass is 10.1. The Hall–Kier alpha value is -2.94. The summed E-state index contributed by atoms with van der Waals surface area (Å²) < 4.78 is 15.0. The molecule has 0 bridgehead atoms. The highest BCUT2D eigenvalue weighted by Gasteiger charge is 2.10. The van der Waals surface area contributed by atoms with E-state index in [0.29, 0.717) is 12.2 Å². The predicted octanol–water partition coefficient (Wildman–Crippen LogP) is 4.23. The van der Waals surface area contributed by atoms with Crippen molar-refractivity contribution in [3.05, 3.63) is 77.9 Å². The van der Waals surface area contributed by atoms with Gasteiger partial charge in [-0.1, -0.05) is 24.3 Å². The van der Waals surface area contributed by atoms with Crippen LogP contribution in [0, 0.1) is 17.1 Å². The van der Waals surface area contributed by atoms with Gasteiger partial charge in [-0.2, -0.15) is 5.26 Å². The van der Waals surface area contributed by atoms with Gasteiger partial charge in [0.15, 0.2) is 0 Å². The van der Waals surface area contributed by atoms with Crippen LogP contribution in [0.25, 0.3) is 16.8 Å². The second kappa shape index (κ2) is 7.09. The molecule has 0 atom stereocenters. The SMILES string of the molecule is COOCc1ccc(-n2cc(C#N)c(-c3ccc(F)cc3)c2)cc1. The van der Waals surface area contributed by atoms with Crippen LogP contribution in [0.2, 0.25) is 0 Å². The Labute approximate surface area is 139 Å². The maximum atomic E-state index is 13.1. The van der Waals surface area contributed by atoms with Gasteiger partial charge in [-0.3, -0.25) is 0 Å². The fourth-order valence-electron chi connectivity index (χ4n) is 2.44. The average Bonchev–Trinajstić information content (AvgIpc) is 3.05.